The highest BCUT2D eigenvalue weighted by molar-refractivity contribution is 6.31. The SMILES string of the molecule is CCc1c(Cl)cc(/C=C/CN)cc1OC. The van der Waals surface area contributed by atoms with Crippen LogP contribution < -0.4 is 10.5 Å². The van der Waals surface area contributed by atoms with E-state index >= 15 is 0 Å². The van der Waals surface area contributed by atoms with E-state index in [0.29, 0.717) is 6.54 Å². The van der Waals surface area contributed by atoms with Crippen LogP contribution in [0.4, 0.5) is 0 Å². The lowest BCUT2D eigenvalue weighted by molar-refractivity contribution is 0.410. The summed E-state index contributed by atoms with van der Waals surface area (Å²) in [6.07, 6.45) is 4.69. The summed E-state index contributed by atoms with van der Waals surface area (Å²) >= 11 is 6.15. The van der Waals surface area contributed by atoms with Crippen LogP contribution in [0.15, 0.2) is 18.2 Å². The zero-order valence-electron chi connectivity index (χ0n) is 9.09. The summed E-state index contributed by atoms with van der Waals surface area (Å²) in [6, 6.07) is 3.89. The van der Waals surface area contributed by atoms with Gasteiger partial charge >= 0.3 is 0 Å². The molecule has 2 N–H and O–H groups in total. The van der Waals surface area contributed by atoms with E-state index in [1.54, 1.807) is 7.11 Å². The van der Waals surface area contributed by atoms with Crippen molar-refractivity contribution in [2.24, 2.45) is 5.73 Å². The van der Waals surface area contributed by atoms with Crippen LogP contribution in [0, 0.1) is 0 Å². The van der Waals surface area contributed by atoms with Crippen LogP contribution in [0.3, 0.4) is 0 Å². The number of ether oxygens (including phenoxy) is 1. The minimum absolute atomic E-state index is 0.523. The van der Waals surface area contributed by atoms with Gasteiger partial charge in [0.2, 0.25) is 0 Å². The van der Waals surface area contributed by atoms with Gasteiger partial charge in [-0.3, -0.25) is 0 Å². The highest BCUT2D eigenvalue weighted by atomic mass is 35.5. The predicted molar refractivity (Wildman–Crippen MR) is 65.5 cm³/mol. The number of hydrogen-bond acceptors (Lipinski definition) is 2. The highest BCUT2D eigenvalue weighted by Gasteiger charge is 2.06. The first kappa shape index (κ1) is 12.1. The van der Waals surface area contributed by atoms with Crippen molar-refractivity contribution >= 4 is 17.7 Å². The number of benzene rings is 1. The maximum atomic E-state index is 6.15. The molecule has 2 nitrogen and oxygen atoms in total. The minimum atomic E-state index is 0.523. The zero-order valence-corrected chi connectivity index (χ0v) is 9.84. The molecule has 3 heteroatoms. The molecule has 0 radical (unpaired) electrons. The summed E-state index contributed by atoms with van der Waals surface area (Å²) in [4.78, 5) is 0. The second kappa shape index (κ2) is 5.79. The van der Waals surface area contributed by atoms with E-state index in [2.05, 4.69) is 6.92 Å². The van der Waals surface area contributed by atoms with E-state index < -0.39 is 0 Å². The second-order valence-electron chi connectivity index (χ2n) is 3.18. The van der Waals surface area contributed by atoms with Gasteiger partial charge in [0.05, 0.1) is 7.11 Å². The molecule has 0 aliphatic rings. The average molecular weight is 226 g/mol. The summed E-state index contributed by atoms with van der Waals surface area (Å²) in [6.45, 7) is 2.58. The molecule has 15 heavy (non-hydrogen) atoms. The molecule has 0 bridgehead atoms. The molecule has 0 saturated carbocycles. The Kier molecular flexibility index (Phi) is 4.66. The van der Waals surface area contributed by atoms with Crippen LogP contribution in [0.25, 0.3) is 6.08 Å². The Morgan fingerprint density at radius 3 is 2.73 bits per heavy atom. The van der Waals surface area contributed by atoms with E-state index in [4.69, 9.17) is 22.1 Å². The quantitative estimate of drug-likeness (QED) is 0.855. The van der Waals surface area contributed by atoms with Crippen LogP contribution in [-0.2, 0) is 6.42 Å². The summed E-state index contributed by atoms with van der Waals surface area (Å²) in [5.74, 6) is 0.835. The molecular formula is C12H16ClNO. The zero-order chi connectivity index (χ0) is 11.3. The highest BCUT2D eigenvalue weighted by Crippen LogP contribution is 2.29. The van der Waals surface area contributed by atoms with Crippen molar-refractivity contribution in [1.82, 2.24) is 0 Å². The third kappa shape index (κ3) is 2.98. The fraction of sp³-hybridized carbons (Fsp3) is 0.333. The maximum absolute atomic E-state index is 6.15. The van der Waals surface area contributed by atoms with Gasteiger partial charge in [-0.2, -0.15) is 0 Å². The molecule has 0 aliphatic heterocycles. The van der Waals surface area contributed by atoms with Crippen molar-refractivity contribution in [3.05, 3.63) is 34.4 Å². The Labute approximate surface area is 95.7 Å². The van der Waals surface area contributed by atoms with Crippen LogP contribution >= 0.6 is 11.6 Å². The van der Waals surface area contributed by atoms with Gasteiger partial charge in [-0.1, -0.05) is 30.7 Å². The van der Waals surface area contributed by atoms with Gasteiger partial charge in [-0.05, 0) is 24.1 Å². The first-order valence-corrected chi connectivity index (χ1v) is 5.33. The molecule has 0 unspecified atom stereocenters. The molecule has 1 aromatic rings. The Bertz CT molecular complexity index is 361. The van der Waals surface area contributed by atoms with Crippen LogP contribution in [-0.4, -0.2) is 13.7 Å². The van der Waals surface area contributed by atoms with Crippen molar-refractivity contribution in [2.75, 3.05) is 13.7 Å². The molecule has 0 aliphatic carbocycles. The largest absolute Gasteiger partial charge is 0.496 e. The third-order valence-electron chi connectivity index (χ3n) is 2.20. The fourth-order valence-corrected chi connectivity index (χ4v) is 1.81. The Balaban J connectivity index is 3.13. The normalized spacial score (nSPS) is 10.9. The molecule has 0 heterocycles. The van der Waals surface area contributed by atoms with Gasteiger partial charge in [0, 0.05) is 17.1 Å². The smallest absolute Gasteiger partial charge is 0.124 e. The van der Waals surface area contributed by atoms with Gasteiger partial charge in [0.1, 0.15) is 5.75 Å². The lowest BCUT2D eigenvalue weighted by Crippen LogP contribution is -1.94. The summed E-state index contributed by atoms with van der Waals surface area (Å²) in [5.41, 5.74) is 7.45. The van der Waals surface area contributed by atoms with Crippen molar-refractivity contribution in [1.29, 1.82) is 0 Å². The minimum Gasteiger partial charge on any atom is -0.496 e. The fourth-order valence-electron chi connectivity index (χ4n) is 1.46. The molecule has 0 atom stereocenters. The van der Waals surface area contributed by atoms with E-state index in [-0.39, 0.29) is 0 Å². The number of halogens is 1. The maximum Gasteiger partial charge on any atom is 0.124 e. The van der Waals surface area contributed by atoms with E-state index in [1.165, 1.54) is 0 Å². The topological polar surface area (TPSA) is 35.2 Å². The number of nitrogens with two attached hydrogens (primary N) is 1. The van der Waals surface area contributed by atoms with Crippen molar-refractivity contribution in [3.63, 3.8) is 0 Å². The first-order chi connectivity index (χ1) is 7.22. The average Bonchev–Trinajstić information content (AvgIpc) is 2.25. The molecule has 1 rings (SSSR count). The predicted octanol–water partition coefficient (Wildman–Crippen LogP) is 2.88. The van der Waals surface area contributed by atoms with Crippen LogP contribution in [0.5, 0.6) is 5.75 Å². The van der Waals surface area contributed by atoms with Crippen LogP contribution in [0.1, 0.15) is 18.1 Å². The molecule has 82 valence electrons. The summed E-state index contributed by atoms with van der Waals surface area (Å²) in [7, 11) is 1.65. The number of rotatable bonds is 4. The van der Waals surface area contributed by atoms with Gasteiger partial charge in [0.25, 0.3) is 0 Å². The molecule has 0 spiro atoms. The Hall–Kier alpha value is -0.990. The summed E-state index contributed by atoms with van der Waals surface area (Å²) in [5, 5.41) is 0.744. The van der Waals surface area contributed by atoms with E-state index in [9.17, 15) is 0 Å². The molecular weight excluding hydrogens is 210 g/mol. The van der Waals surface area contributed by atoms with Crippen molar-refractivity contribution < 1.29 is 4.74 Å². The third-order valence-corrected chi connectivity index (χ3v) is 2.53. The lowest BCUT2D eigenvalue weighted by atomic mass is 10.1. The molecule has 0 amide bonds. The Morgan fingerprint density at radius 2 is 2.20 bits per heavy atom. The number of methoxy groups -OCH3 is 1. The van der Waals surface area contributed by atoms with E-state index in [1.807, 2.05) is 24.3 Å². The molecule has 0 fully saturated rings. The molecule has 0 saturated heterocycles. The lowest BCUT2D eigenvalue weighted by Gasteiger charge is -2.09. The van der Waals surface area contributed by atoms with Gasteiger partial charge in [-0.15, -0.1) is 0 Å². The standard InChI is InChI=1S/C12H16ClNO/c1-3-10-11(13)7-9(5-4-6-14)8-12(10)15-2/h4-5,7-8H,3,6,14H2,1-2H3/b5-4+. The van der Waals surface area contributed by atoms with E-state index in [0.717, 1.165) is 28.3 Å². The first-order valence-electron chi connectivity index (χ1n) is 4.96. The molecule has 0 aromatic heterocycles. The monoisotopic (exact) mass is 225 g/mol. The van der Waals surface area contributed by atoms with Crippen molar-refractivity contribution in [3.8, 4) is 5.75 Å². The second-order valence-corrected chi connectivity index (χ2v) is 3.58. The van der Waals surface area contributed by atoms with Crippen LogP contribution in [0.2, 0.25) is 5.02 Å². The summed E-state index contributed by atoms with van der Waals surface area (Å²) < 4.78 is 5.29. The number of hydrogen-bond donors (Lipinski definition) is 1. The Morgan fingerprint density at radius 1 is 1.47 bits per heavy atom. The van der Waals surface area contributed by atoms with Gasteiger partial charge in [-0.25, -0.2) is 0 Å². The molecule has 1 aromatic carbocycles. The van der Waals surface area contributed by atoms with Gasteiger partial charge in [0.15, 0.2) is 0 Å². The van der Waals surface area contributed by atoms with Gasteiger partial charge < -0.3 is 10.5 Å². The van der Waals surface area contributed by atoms with Crippen molar-refractivity contribution in [2.45, 2.75) is 13.3 Å².